The van der Waals surface area contributed by atoms with Gasteiger partial charge in [0.15, 0.2) is 20.5 Å². The fourth-order valence-corrected chi connectivity index (χ4v) is 3.53. The van der Waals surface area contributed by atoms with E-state index in [1.165, 1.54) is 12.1 Å². The van der Waals surface area contributed by atoms with Gasteiger partial charge < -0.3 is 4.52 Å². The Morgan fingerprint density at radius 1 is 1.24 bits per heavy atom. The van der Waals surface area contributed by atoms with E-state index in [0.717, 1.165) is 17.8 Å². The molecule has 0 atom stereocenters. The number of hydrogen-bond acceptors (Lipinski definition) is 8. The Labute approximate surface area is 147 Å². The molecule has 0 fully saturated rings. The largest absolute Gasteiger partial charge is 0.384 e. The van der Waals surface area contributed by atoms with Crippen molar-refractivity contribution in [2.45, 2.75) is 31.1 Å². The lowest BCUT2D eigenvalue weighted by atomic mass is 9.91. The minimum atomic E-state index is -3.35. The second-order valence-electron chi connectivity index (χ2n) is 6.60. The monoisotopic (exact) mass is 380 g/mol. The van der Waals surface area contributed by atoms with Crippen LogP contribution in [0.15, 0.2) is 42.6 Å². The summed E-state index contributed by atoms with van der Waals surface area (Å²) in [6.45, 7) is 5.73. The van der Waals surface area contributed by atoms with Crippen molar-refractivity contribution < 1.29 is 12.9 Å². The van der Waals surface area contributed by atoms with Crippen LogP contribution in [0.2, 0.25) is 0 Å². The number of aromatic nitrogens is 2. The van der Waals surface area contributed by atoms with Gasteiger partial charge in [-0.2, -0.15) is 4.37 Å². The fraction of sp³-hybridized carbons (Fsp3) is 0.333. The summed E-state index contributed by atoms with van der Waals surface area (Å²) >= 11 is 1.08. The minimum Gasteiger partial charge on any atom is -0.336 e. The van der Waals surface area contributed by atoms with Crippen molar-refractivity contribution in [2.24, 2.45) is 10.2 Å². The zero-order chi connectivity index (χ0) is 18.4. The highest BCUT2D eigenvalue weighted by atomic mass is 32.2. The van der Waals surface area contributed by atoms with Crippen LogP contribution in [0.5, 0.6) is 0 Å². The maximum Gasteiger partial charge on any atom is 0.384 e. The molecule has 0 amide bonds. The first-order chi connectivity index (χ1) is 11.6. The van der Waals surface area contributed by atoms with Gasteiger partial charge in [-0.05, 0) is 29.7 Å². The van der Waals surface area contributed by atoms with E-state index in [0.29, 0.717) is 21.6 Å². The average molecular weight is 380 g/mol. The number of benzene rings is 1. The number of hydrogen-bond donors (Lipinski definition) is 1. The second-order valence-corrected chi connectivity index (χ2v) is 9.37. The lowest BCUT2D eigenvalue weighted by Gasteiger charge is -2.14. The zero-order valence-electron chi connectivity index (χ0n) is 14.0. The van der Waals surface area contributed by atoms with Crippen LogP contribution < -0.4 is 5.63 Å². The number of sulfone groups is 1. The lowest BCUT2D eigenvalue weighted by molar-refractivity contribution is 0.370. The SMILES string of the molecule is CC(C)(C)c1[nH]oc(=O)c1N=Nc1snc2ccc(S(C)(=O)=O)cc12. The predicted octanol–water partition coefficient (Wildman–Crippen LogP) is 3.69. The summed E-state index contributed by atoms with van der Waals surface area (Å²) in [5, 5.41) is 11.7. The van der Waals surface area contributed by atoms with E-state index in [-0.39, 0.29) is 16.0 Å². The molecular formula is C15H16N4O4S2. The van der Waals surface area contributed by atoms with Crippen molar-refractivity contribution in [2.75, 3.05) is 6.26 Å². The van der Waals surface area contributed by atoms with Gasteiger partial charge in [-0.1, -0.05) is 20.8 Å². The molecule has 0 saturated carbocycles. The number of nitrogens with one attached hydrogen (secondary N) is 1. The molecule has 0 saturated heterocycles. The third-order valence-electron chi connectivity index (χ3n) is 3.52. The van der Waals surface area contributed by atoms with E-state index in [2.05, 4.69) is 19.8 Å². The summed E-state index contributed by atoms with van der Waals surface area (Å²) in [4.78, 5) is 12.0. The molecule has 0 unspecified atom stereocenters. The maximum atomic E-state index is 11.9. The van der Waals surface area contributed by atoms with Gasteiger partial charge in [0.2, 0.25) is 0 Å². The highest BCUT2D eigenvalue weighted by molar-refractivity contribution is 7.90. The predicted molar refractivity (Wildman–Crippen MR) is 94.9 cm³/mol. The Morgan fingerprint density at radius 2 is 1.96 bits per heavy atom. The molecule has 25 heavy (non-hydrogen) atoms. The summed E-state index contributed by atoms with van der Waals surface area (Å²) < 4.78 is 32.5. The van der Waals surface area contributed by atoms with Crippen LogP contribution in [0.1, 0.15) is 26.5 Å². The maximum absolute atomic E-state index is 11.9. The van der Waals surface area contributed by atoms with Gasteiger partial charge in [0, 0.05) is 17.1 Å². The number of rotatable bonds is 3. The molecule has 0 aliphatic rings. The zero-order valence-corrected chi connectivity index (χ0v) is 15.7. The van der Waals surface area contributed by atoms with Gasteiger partial charge in [-0.3, -0.25) is 0 Å². The third-order valence-corrected chi connectivity index (χ3v) is 5.40. The molecule has 0 bridgehead atoms. The molecular weight excluding hydrogens is 364 g/mol. The first-order valence-corrected chi connectivity index (χ1v) is 9.97. The molecule has 3 rings (SSSR count). The van der Waals surface area contributed by atoms with Gasteiger partial charge in [0.05, 0.1) is 16.1 Å². The molecule has 0 spiro atoms. The van der Waals surface area contributed by atoms with Gasteiger partial charge in [-0.15, -0.1) is 10.2 Å². The molecule has 0 aliphatic carbocycles. The van der Waals surface area contributed by atoms with Crippen LogP contribution in [-0.4, -0.2) is 24.2 Å². The third kappa shape index (κ3) is 3.40. The summed E-state index contributed by atoms with van der Waals surface area (Å²) in [5.74, 6) is 0. The Kier molecular flexibility index (Phi) is 4.12. The van der Waals surface area contributed by atoms with E-state index in [4.69, 9.17) is 4.52 Å². The summed E-state index contributed by atoms with van der Waals surface area (Å²) in [6.07, 6.45) is 1.13. The number of azo groups is 1. The van der Waals surface area contributed by atoms with Crippen molar-refractivity contribution in [3.8, 4) is 0 Å². The number of fused-ring (bicyclic) bond motifs is 1. The van der Waals surface area contributed by atoms with Gasteiger partial charge in [-0.25, -0.2) is 18.4 Å². The molecule has 10 heteroatoms. The minimum absolute atomic E-state index is 0.0910. The molecule has 8 nitrogen and oxygen atoms in total. The normalized spacial score (nSPS) is 13.1. The highest BCUT2D eigenvalue weighted by Crippen LogP contribution is 2.34. The number of nitrogens with zero attached hydrogens (tertiary/aromatic N) is 3. The van der Waals surface area contributed by atoms with Crippen molar-refractivity contribution in [3.63, 3.8) is 0 Å². The van der Waals surface area contributed by atoms with Crippen LogP contribution >= 0.6 is 11.5 Å². The molecule has 0 radical (unpaired) electrons. The van der Waals surface area contributed by atoms with E-state index >= 15 is 0 Å². The number of aromatic amines is 1. The van der Waals surface area contributed by atoms with Crippen molar-refractivity contribution in [1.82, 2.24) is 9.53 Å². The molecule has 1 N–H and O–H groups in total. The average Bonchev–Trinajstić information content (AvgIpc) is 3.06. The topological polar surface area (TPSA) is 118 Å². The smallest absolute Gasteiger partial charge is 0.336 e. The molecule has 2 aromatic heterocycles. The van der Waals surface area contributed by atoms with Crippen LogP contribution in [0.25, 0.3) is 10.9 Å². The lowest BCUT2D eigenvalue weighted by Crippen LogP contribution is -2.12. The number of H-pyrrole nitrogens is 1. The highest BCUT2D eigenvalue weighted by Gasteiger charge is 2.24. The summed E-state index contributed by atoms with van der Waals surface area (Å²) in [6, 6.07) is 4.62. The Bertz CT molecular complexity index is 1130. The van der Waals surface area contributed by atoms with Gasteiger partial charge in [0.1, 0.15) is 0 Å². The van der Waals surface area contributed by atoms with E-state index in [1.807, 2.05) is 20.8 Å². The second kappa shape index (κ2) is 5.88. The van der Waals surface area contributed by atoms with Crippen LogP contribution in [0.3, 0.4) is 0 Å². The summed E-state index contributed by atoms with van der Waals surface area (Å²) in [5.41, 5.74) is 0.253. The van der Waals surface area contributed by atoms with E-state index in [9.17, 15) is 13.2 Å². The van der Waals surface area contributed by atoms with E-state index < -0.39 is 15.5 Å². The van der Waals surface area contributed by atoms with Gasteiger partial charge in [0.25, 0.3) is 0 Å². The van der Waals surface area contributed by atoms with Crippen molar-refractivity contribution in [3.05, 3.63) is 34.3 Å². The Hall–Kier alpha value is -2.33. The van der Waals surface area contributed by atoms with Crippen LogP contribution in [0.4, 0.5) is 10.7 Å². The standard InChI is InChI=1S/C15H16N4O4S2/c1-15(2,3)12-11(14(20)23-18-12)16-17-13-9-7-8(25(4,21)22)5-6-10(9)19-24-13/h5-7,18H,1-4H3. The first-order valence-electron chi connectivity index (χ1n) is 7.30. The molecule has 1 aromatic carbocycles. The van der Waals surface area contributed by atoms with Crippen LogP contribution in [-0.2, 0) is 15.3 Å². The molecule has 132 valence electrons. The van der Waals surface area contributed by atoms with Gasteiger partial charge >= 0.3 is 5.63 Å². The van der Waals surface area contributed by atoms with Crippen molar-refractivity contribution in [1.29, 1.82) is 0 Å². The van der Waals surface area contributed by atoms with E-state index in [1.54, 1.807) is 6.07 Å². The Balaban J connectivity index is 2.09. The molecule has 2 heterocycles. The fourth-order valence-electron chi connectivity index (χ4n) is 2.20. The molecule has 3 aromatic rings. The molecule has 0 aliphatic heterocycles. The first kappa shape index (κ1) is 17.5. The Morgan fingerprint density at radius 3 is 2.60 bits per heavy atom. The quantitative estimate of drug-likeness (QED) is 0.695. The van der Waals surface area contributed by atoms with Crippen LogP contribution in [0, 0.1) is 0 Å². The van der Waals surface area contributed by atoms with Crippen molar-refractivity contribution >= 4 is 43.0 Å². The summed E-state index contributed by atoms with van der Waals surface area (Å²) in [7, 11) is -3.35.